The fourth-order valence-corrected chi connectivity index (χ4v) is 4.17. The summed E-state index contributed by atoms with van der Waals surface area (Å²) in [6.45, 7) is 2.16. The number of benzene rings is 1. The maximum atomic E-state index is 12.7. The maximum absolute atomic E-state index is 12.7. The van der Waals surface area contributed by atoms with Gasteiger partial charge in [0.1, 0.15) is 12.4 Å². The van der Waals surface area contributed by atoms with Crippen LogP contribution in [-0.2, 0) is 26.6 Å². The third kappa shape index (κ3) is 3.96. The molecular formula is C24H25ClN4O2. The molecule has 0 bridgehead atoms. The Kier molecular flexibility index (Phi) is 5.85. The van der Waals surface area contributed by atoms with Crippen molar-refractivity contribution in [3.8, 4) is 11.4 Å². The second kappa shape index (κ2) is 8.57. The Morgan fingerprint density at radius 3 is 2.84 bits per heavy atom. The molecule has 7 heteroatoms. The predicted octanol–water partition coefficient (Wildman–Crippen LogP) is 4.24. The number of aryl methyl sites for hydroxylation is 1. The first-order chi connectivity index (χ1) is 14.6. The quantitative estimate of drug-likeness (QED) is 0.519. The van der Waals surface area contributed by atoms with Crippen LogP contribution in [0.25, 0.3) is 16.6 Å². The highest BCUT2D eigenvalue weighted by Gasteiger charge is 2.18. The molecule has 0 saturated heterocycles. The van der Waals surface area contributed by atoms with E-state index in [0.29, 0.717) is 10.8 Å². The fourth-order valence-electron chi connectivity index (χ4n) is 4.05. The maximum Gasteiger partial charge on any atom is 0.258 e. The number of hydrogen-bond acceptors (Lipinski definition) is 4. The van der Waals surface area contributed by atoms with E-state index in [4.69, 9.17) is 16.3 Å². The van der Waals surface area contributed by atoms with Crippen molar-refractivity contribution >= 4 is 22.5 Å². The summed E-state index contributed by atoms with van der Waals surface area (Å²) >= 11 is 5.85. The number of pyridine rings is 2. The standard InChI is InChI=1S/C23H21ClN4O2.CH4/c1-27-21-6-8-25-13-20(21)19-5-4-17(10-22(19)27)28-9-7-18(11-23(28)29)30-14-16-3-2-15(24)12-26-16;/h2-5,7,9-12,25H,6,8,13-14H2,1H3;1H4. The van der Waals surface area contributed by atoms with Crippen LogP contribution in [0.3, 0.4) is 0 Å². The second-order valence-corrected chi connectivity index (χ2v) is 7.88. The van der Waals surface area contributed by atoms with Gasteiger partial charge in [0.05, 0.1) is 21.9 Å². The lowest BCUT2D eigenvalue weighted by atomic mass is 10.1. The van der Waals surface area contributed by atoms with Gasteiger partial charge in [-0.3, -0.25) is 14.3 Å². The average molecular weight is 437 g/mol. The van der Waals surface area contributed by atoms with E-state index in [1.54, 1.807) is 35.2 Å². The van der Waals surface area contributed by atoms with Gasteiger partial charge >= 0.3 is 0 Å². The fraction of sp³-hybridized carbons (Fsp3) is 0.250. The lowest BCUT2D eigenvalue weighted by Gasteiger charge is -2.14. The largest absolute Gasteiger partial charge is 0.487 e. The van der Waals surface area contributed by atoms with E-state index in [2.05, 4.69) is 34.0 Å². The molecule has 1 aliphatic rings. The molecule has 4 aromatic rings. The Morgan fingerprint density at radius 2 is 2.06 bits per heavy atom. The molecule has 5 rings (SSSR count). The van der Waals surface area contributed by atoms with Crippen LogP contribution in [-0.4, -0.2) is 20.7 Å². The third-order valence-corrected chi connectivity index (χ3v) is 5.83. The summed E-state index contributed by atoms with van der Waals surface area (Å²) in [6.07, 6.45) is 4.34. The minimum Gasteiger partial charge on any atom is -0.487 e. The van der Waals surface area contributed by atoms with Crippen LogP contribution in [0, 0.1) is 0 Å². The number of ether oxygens (including phenoxy) is 1. The normalized spacial score (nSPS) is 13.0. The van der Waals surface area contributed by atoms with Gasteiger partial charge in [-0.25, -0.2) is 0 Å². The molecule has 0 spiro atoms. The van der Waals surface area contributed by atoms with Crippen LogP contribution < -0.4 is 15.6 Å². The molecule has 3 aromatic heterocycles. The molecule has 31 heavy (non-hydrogen) atoms. The summed E-state index contributed by atoms with van der Waals surface area (Å²) in [7, 11) is 2.10. The van der Waals surface area contributed by atoms with Crippen molar-refractivity contribution in [3.05, 3.63) is 87.2 Å². The Labute approximate surface area is 186 Å². The van der Waals surface area contributed by atoms with Crippen molar-refractivity contribution in [1.29, 1.82) is 0 Å². The first kappa shape index (κ1) is 21.2. The molecule has 1 N–H and O–H groups in total. The Morgan fingerprint density at radius 1 is 1.19 bits per heavy atom. The Hall–Kier alpha value is -3.09. The van der Waals surface area contributed by atoms with Crippen molar-refractivity contribution in [2.45, 2.75) is 27.0 Å². The number of nitrogens with one attached hydrogen (secondary N) is 1. The lowest BCUT2D eigenvalue weighted by Crippen LogP contribution is -2.24. The van der Waals surface area contributed by atoms with Crippen LogP contribution in [0.15, 0.2) is 59.7 Å². The molecule has 0 radical (unpaired) electrons. The van der Waals surface area contributed by atoms with Gasteiger partial charge in [-0.1, -0.05) is 25.1 Å². The SMILES string of the molecule is C.Cn1c2c(c3ccc(-n4ccc(OCc5ccc(Cl)cn5)cc4=O)cc31)CNCC2. The van der Waals surface area contributed by atoms with Crippen LogP contribution >= 0.6 is 11.6 Å². The summed E-state index contributed by atoms with van der Waals surface area (Å²) in [6, 6.07) is 13.0. The molecular weight excluding hydrogens is 412 g/mol. The minimum absolute atomic E-state index is 0. The summed E-state index contributed by atoms with van der Waals surface area (Å²) in [4.78, 5) is 16.9. The molecule has 0 amide bonds. The molecule has 4 heterocycles. The number of aromatic nitrogens is 3. The van der Waals surface area contributed by atoms with Gasteiger partial charge in [-0.2, -0.15) is 0 Å². The van der Waals surface area contributed by atoms with Gasteiger partial charge < -0.3 is 14.6 Å². The lowest BCUT2D eigenvalue weighted by molar-refractivity contribution is 0.300. The van der Waals surface area contributed by atoms with Crippen molar-refractivity contribution in [2.24, 2.45) is 7.05 Å². The highest BCUT2D eigenvalue weighted by atomic mass is 35.5. The molecule has 1 aliphatic heterocycles. The topological polar surface area (TPSA) is 61.1 Å². The van der Waals surface area contributed by atoms with Gasteiger partial charge in [-0.15, -0.1) is 0 Å². The Balaban J connectivity index is 0.00000231. The molecule has 1 aromatic carbocycles. The van der Waals surface area contributed by atoms with Crippen LogP contribution in [0.4, 0.5) is 0 Å². The predicted molar refractivity (Wildman–Crippen MR) is 124 cm³/mol. The molecule has 160 valence electrons. The van der Waals surface area contributed by atoms with Crippen LogP contribution in [0.5, 0.6) is 5.75 Å². The number of nitrogens with zero attached hydrogens (tertiary/aromatic N) is 3. The van der Waals surface area contributed by atoms with E-state index >= 15 is 0 Å². The number of halogens is 1. The summed E-state index contributed by atoms with van der Waals surface area (Å²) in [5.74, 6) is 0.509. The highest BCUT2D eigenvalue weighted by Crippen LogP contribution is 2.29. The first-order valence-electron chi connectivity index (χ1n) is 9.87. The van der Waals surface area contributed by atoms with E-state index in [0.717, 1.165) is 36.4 Å². The number of rotatable bonds is 4. The molecule has 0 aliphatic carbocycles. The van der Waals surface area contributed by atoms with Gasteiger partial charge in [0.15, 0.2) is 0 Å². The summed E-state index contributed by atoms with van der Waals surface area (Å²) < 4.78 is 9.60. The number of fused-ring (bicyclic) bond motifs is 3. The summed E-state index contributed by atoms with van der Waals surface area (Å²) in [5.41, 5.74) is 5.31. The molecule has 0 fully saturated rings. The summed E-state index contributed by atoms with van der Waals surface area (Å²) in [5, 5.41) is 5.26. The van der Waals surface area contributed by atoms with E-state index in [1.807, 2.05) is 6.07 Å². The van der Waals surface area contributed by atoms with Crippen molar-refractivity contribution in [3.63, 3.8) is 0 Å². The minimum atomic E-state index is -0.142. The first-order valence-corrected chi connectivity index (χ1v) is 10.3. The van der Waals surface area contributed by atoms with E-state index in [-0.39, 0.29) is 19.6 Å². The van der Waals surface area contributed by atoms with E-state index in [9.17, 15) is 4.79 Å². The van der Waals surface area contributed by atoms with Gasteiger partial charge in [-0.05, 0) is 35.9 Å². The van der Waals surface area contributed by atoms with Crippen molar-refractivity contribution in [2.75, 3.05) is 6.54 Å². The average Bonchev–Trinajstić information content (AvgIpc) is 3.05. The second-order valence-electron chi connectivity index (χ2n) is 7.44. The van der Waals surface area contributed by atoms with Gasteiger partial charge in [0.2, 0.25) is 0 Å². The zero-order valence-electron chi connectivity index (χ0n) is 16.6. The van der Waals surface area contributed by atoms with Gasteiger partial charge in [0, 0.05) is 56.1 Å². The van der Waals surface area contributed by atoms with Crippen molar-refractivity contribution in [1.82, 2.24) is 19.4 Å². The number of hydrogen-bond donors (Lipinski definition) is 1. The Bertz CT molecular complexity index is 1290. The zero-order valence-corrected chi connectivity index (χ0v) is 17.3. The zero-order chi connectivity index (χ0) is 20.7. The third-order valence-electron chi connectivity index (χ3n) is 5.61. The molecule has 0 atom stereocenters. The molecule has 6 nitrogen and oxygen atoms in total. The smallest absolute Gasteiger partial charge is 0.258 e. The molecule has 0 saturated carbocycles. The van der Waals surface area contributed by atoms with Crippen LogP contribution in [0.1, 0.15) is 24.4 Å². The van der Waals surface area contributed by atoms with Gasteiger partial charge in [0.25, 0.3) is 5.56 Å². The molecule has 0 unspecified atom stereocenters. The van der Waals surface area contributed by atoms with Crippen molar-refractivity contribution < 1.29 is 4.74 Å². The highest BCUT2D eigenvalue weighted by molar-refractivity contribution is 6.30. The van der Waals surface area contributed by atoms with E-state index in [1.165, 1.54) is 22.7 Å². The van der Waals surface area contributed by atoms with E-state index < -0.39 is 0 Å². The van der Waals surface area contributed by atoms with Crippen LogP contribution in [0.2, 0.25) is 5.02 Å². The monoisotopic (exact) mass is 436 g/mol.